The molecule has 0 saturated carbocycles. The van der Waals surface area contributed by atoms with Gasteiger partial charge in [0.05, 0.1) is 6.04 Å². The SMILES string of the molecule is COC(c1noc(C2CSCCN2)n1)C(C)C. The molecule has 1 saturated heterocycles. The number of nitrogens with zero attached hydrogens (tertiary/aromatic N) is 2. The first kappa shape index (κ1) is 12.9. The van der Waals surface area contributed by atoms with Gasteiger partial charge in [-0.3, -0.25) is 0 Å². The van der Waals surface area contributed by atoms with E-state index in [0.29, 0.717) is 17.6 Å². The van der Waals surface area contributed by atoms with E-state index in [4.69, 9.17) is 9.26 Å². The van der Waals surface area contributed by atoms with Crippen molar-refractivity contribution in [3.8, 4) is 0 Å². The van der Waals surface area contributed by atoms with E-state index in [9.17, 15) is 0 Å². The minimum atomic E-state index is -0.0938. The van der Waals surface area contributed by atoms with Crippen molar-refractivity contribution in [2.45, 2.75) is 26.0 Å². The molecule has 1 N–H and O–H groups in total. The monoisotopic (exact) mass is 257 g/mol. The number of hydrogen-bond acceptors (Lipinski definition) is 6. The number of hydrogen-bond donors (Lipinski definition) is 1. The zero-order valence-electron chi connectivity index (χ0n) is 10.5. The Morgan fingerprint density at radius 3 is 2.94 bits per heavy atom. The molecule has 1 aliphatic heterocycles. The molecule has 1 aromatic rings. The average molecular weight is 257 g/mol. The largest absolute Gasteiger partial charge is 0.373 e. The molecule has 0 amide bonds. The summed E-state index contributed by atoms with van der Waals surface area (Å²) in [6.07, 6.45) is -0.0938. The summed E-state index contributed by atoms with van der Waals surface area (Å²) in [4.78, 5) is 4.45. The maximum absolute atomic E-state index is 5.39. The van der Waals surface area contributed by atoms with E-state index in [1.807, 2.05) is 11.8 Å². The van der Waals surface area contributed by atoms with Crippen LogP contribution < -0.4 is 5.32 Å². The summed E-state index contributed by atoms with van der Waals surface area (Å²) < 4.78 is 10.7. The van der Waals surface area contributed by atoms with Gasteiger partial charge in [-0.05, 0) is 5.92 Å². The van der Waals surface area contributed by atoms with Gasteiger partial charge in [-0.1, -0.05) is 19.0 Å². The number of methoxy groups -OCH3 is 1. The molecule has 0 bridgehead atoms. The Hall–Kier alpha value is -0.590. The molecule has 0 aromatic carbocycles. The molecular weight excluding hydrogens is 238 g/mol. The summed E-state index contributed by atoms with van der Waals surface area (Å²) in [6.45, 7) is 5.16. The maximum atomic E-state index is 5.39. The van der Waals surface area contributed by atoms with Gasteiger partial charge in [0.25, 0.3) is 0 Å². The number of rotatable bonds is 4. The Kier molecular flexibility index (Phi) is 4.42. The molecule has 5 nitrogen and oxygen atoms in total. The molecule has 0 aliphatic carbocycles. The molecule has 0 radical (unpaired) electrons. The Labute approximate surface area is 106 Å². The molecule has 6 heteroatoms. The number of aromatic nitrogens is 2. The van der Waals surface area contributed by atoms with Crippen LogP contribution in [0.25, 0.3) is 0 Å². The van der Waals surface area contributed by atoms with Crippen molar-refractivity contribution in [3.05, 3.63) is 11.7 Å². The standard InChI is InChI=1S/C11H19N3O2S/c1-7(2)9(15-3)10-13-11(16-14-10)8-6-17-5-4-12-8/h7-9,12H,4-6H2,1-3H3. The third kappa shape index (κ3) is 3.00. The molecule has 2 unspecified atom stereocenters. The summed E-state index contributed by atoms with van der Waals surface area (Å²) in [5, 5.41) is 7.40. The minimum absolute atomic E-state index is 0.0938. The van der Waals surface area contributed by atoms with E-state index in [2.05, 4.69) is 29.3 Å². The van der Waals surface area contributed by atoms with Crippen molar-refractivity contribution in [2.75, 3.05) is 25.2 Å². The van der Waals surface area contributed by atoms with Gasteiger partial charge in [-0.25, -0.2) is 0 Å². The molecule has 1 fully saturated rings. The van der Waals surface area contributed by atoms with Crippen LogP contribution in [0.15, 0.2) is 4.52 Å². The molecule has 2 atom stereocenters. The van der Waals surface area contributed by atoms with Crippen molar-refractivity contribution >= 4 is 11.8 Å². The summed E-state index contributed by atoms with van der Waals surface area (Å²) in [6, 6.07) is 0.180. The summed E-state index contributed by atoms with van der Waals surface area (Å²) in [5.74, 6) is 3.79. The third-order valence-electron chi connectivity index (χ3n) is 2.79. The van der Waals surface area contributed by atoms with Crippen LogP contribution in [-0.4, -0.2) is 35.3 Å². The fourth-order valence-electron chi connectivity index (χ4n) is 1.90. The molecule has 96 valence electrons. The highest BCUT2D eigenvalue weighted by molar-refractivity contribution is 7.99. The van der Waals surface area contributed by atoms with Crippen LogP contribution in [0.3, 0.4) is 0 Å². The van der Waals surface area contributed by atoms with Crippen molar-refractivity contribution in [1.82, 2.24) is 15.5 Å². The Bertz CT molecular complexity index is 350. The first-order valence-electron chi connectivity index (χ1n) is 5.89. The van der Waals surface area contributed by atoms with Crippen LogP contribution in [0, 0.1) is 5.92 Å². The molecule has 1 aromatic heterocycles. The smallest absolute Gasteiger partial charge is 0.244 e. The van der Waals surface area contributed by atoms with Crippen molar-refractivity contribution < 1.29 is 9.26 Å². The normalized spacial score (nSPS) is 22.9. The van der Waals surface area contributed by atoms with Crippen LogP contribution in [0.1, 0.15) is 37.7 Å². The van der Waals surface area contributed by atoms with Crippen molar-refractivity contribution in [3.63, 3.8) is 0 Å². The van der Waals surface area contributed by atoms with Gasteiger partial charge in [0.2, 0.25) is 11.7 Å². The second kappa shape index (κ2) is 5.84. The fraction of sp³-hybridized carbons (Fsp3) is 0.818. The van der Waals surface area contributed by atoms with E-state index in [0.717, 1.165) is 18.1 Å². The molecular formula is C11H19N3O2S. The maximum Gasteiger partial charge on any atom is 0.244 e. The third-order valence-corrected chi connectivity index (χ3v) is 3.85. The Balaban J connectivity index is 2.08. The van der Waals surface area contributed by atoms with Crippen molar-refractivity contribution in [1.29, 1.82) is 0 Å². The van der Waals surface area contributed by atoms with Gasteiger partial charge in [0.1, 0.15) is 6.10 Å². The quantitative estimate of drug-likeness (QED) is 0.887. The first-order chi connectivity index (χ1) is 8.22. The Morgan fingerprint density at radius 1 is 1.53 bits per heavy atom. The second-order valence-corrected chi connectivity index (χ2v) is 5.62. The molecule has 1 aliphatic rings. The lowest BCUT2D eigenvalue weighted by Crippen LogP contribution is -2.30. The molecule has 2 heterocycles. The molecule has 17 heavy (non-hydrogen) atoms. The molecule has 0 spiro atoms. The Morgan fingerprint density at radius 2 is 2.35 bits per heavy atom. The highest BCUT2D eigenvalue weighted by Crippen LogP contribution is 2.25. The number of ether oxygens (including phenoxy) is 1. The van der Waals surface area contributed by atoms with Crippen LogP contribution in [0.4, 0.5) is 0 Å². The number of nitrogens with one attached hydrogen (secondary N) is 1. The lowest BCUT2D eigenvalue weighted by Gasteiger charge is -2.19. The van der Waals surface area contributed by atoms with Crippen LogP contribution in [0.5, 0.6) is 0 Å². The summed E-state index contributed by atoms with van der Waals surface area (Å²) in [7, 11) is 1.68. The van der Waals surface area contributed by atoms with Gasteiger partial charge in [0.15, 0.2) is 0 Å². The zero-order valence-corrected chi connectivity index (χ0v) is 11.3. The van der Waals surface area contributed by atoms with Crippen LogP contribution >= 0.6 is 11.8 Å². The van der Waals surface area contributed by atoms with Gasteiger partial charge >= 0.3 is 0 Å². The van der Waals surface area contributed by atoms with Crippen LogP contribution in [-0.2, 0) is 4.74 Å². The first-order valence-corrected chi connectivity index (χ1v) is 7.05. The highest BCUT2D eigenvalue weighted by atomic mass is 32.2. The van der Waals surface area contributed by atoms with E-state index < -0.39 is 0 Å². The van der Waals surface area contributed by atoms with Gasteiger partial charge in [0, 0.05) is 25.2 Å². The highest BCUT2D eigenvalue weighted by Gasteiger charge is 2.25. The topological polar surface area (TPSA) is 60.2 Å². The number of thioether (sulfide) groups is 1. The fourth-order valence-corrected chi connectivity index (χ4v) is 2.83. The molecule has 2 rings (SSSR count). The lowest BCUT2D eigenvalue weighted by molar-refractivity contribution is 0.0555. The van der Waals surface area contributed by atoms with E-state index >= 15 is 0 Å². The predicted octanol–water partition coefficient (Wildman–Crippen LogP) is 1.79. The van der Waals surface area contributed by atoms with E-state index in [1.54, 1.807) is 7.11 Å². The van der Waals surface area contributed by atoms with Gasteiger partial charge in [-0.2, -0.15) is 16.7 Å². The van der Waals surface area contributed by atoms with E-state index in [-0.39, 0.29) is 12.1 Å². The second-order valence-electron chi connectivity index (χ2n) is 4.47. The van der Waals surface area contributed by atoms with Crippen LogP contribution in [0.2, 0.25) is 0 Å². The summed E-state index contributed by atoms with van der Waals surface area (Å²) >= 11 is 1.91. The van der Waals surface area contributed by atoms with Gasteiger partial charge in [-0.15, -0.1) is 0 Å². The minimum Gasteiger partial charge on any atom is -0.373 e. The zero-order chi connectivity index (χ0) is 12.3. The van der Waals surface area contributed by atoms with Gasteiger partial charge < -0.3 is 14.6 Å². The van der Waals surface area contributed by atoms with Crippen molar-refractivity contribution in [2.24, 2.45) is 5.92 Å². The predicted molar refractivity (Wildman–Crippen MR) is 67.0 cm³/mol. The average Bonchev–Trinajstić information content (AvgIpc) is 2.80. The van der Waals surface area contributed by atoms with E-state index in [1.165, 1.54) is 0 Å². The summed E-state index contributed by atoms with van der Waals surface area (Å²) in [5.41, 5.74) is 0. The lowest BCUT2D eigenvalue weighted by atomic mass is 10.1.